The van der Waals surface area contributed by atoms with E-state index < -0.39 is 16.9 Å². The lowest BCUT2D eigenvalue weighted by molar-refractivity contribution is -0.384. The number of hydrogen-bond acceptors (Lipinski definition) is 5. The number of carboxylic acid groups (broad SMARTS) is 1. The van der Waals surface area contributed by atoms with Crippen molar-refractivity contribution in [1.82, 2.24) is 0 Å². The zero-order valence-electron chi connectivity index (χ0n) is 10.9. The van der Waals surface area contributed by atoms with E-state index in [1.54, 1.807) is 0 Å². The minimum atomic E-state index is -0.913. The van der Waals surface area contributed by atoms with Gasteiger partial charge >= 0.3 is 5.97 Å². The van der Waals surface area contributed by atoms with Crippen LogP contribution in [0.1, 0.15) is 20.3 Å². The summed E-state index contributed by atoms with van der Waals surface area (Å²) in [5.74, 6) is -0.556. The van der Waals surface area contributed by atoms with E-state index in [9.17, 15) is 14.9 Å². The van der Waals surface area contributed by atoms with Gasteiger partial charge in [-0.2, -0.15) is 0 Å². The number of nitrogens with zero attached hydrogens (tertiary/aromatic N) is 1. The van der Waals surface area contributed by atoms with Crippen LogP contribution in [-0.2, 0) is 4.79 Å². The lowest BCUT2D eigenvalue weighted by Crippen LogP contribution is -2.31. The van der Waals surface area contributed by atoms with Crippen molar-refractivity contribution in [3.8, 4) is 0 Å². The fourth-order valence-corrected chi connectivity index (χ4v) is 1.20. The number of nitrogens with two attached hydrogens (primary N) is 2. The lowest BCUT2D eigenvalue weighted by atomic mass is 10.1. The van der Waals surface area contributed by atoms with Crippen LogP contribution in [0.5, 0.6) is 0 Å². The molecule has 1 atom stereocenters. The third kappa shape index (κ3) is 7.72. The number of nitro groups is 1. The van der Waals surface area contributed by atoms with E-state index in [1.165, 1.54) is 24.3 Å². The van der Waals surface area contributed by atoms with Crippen molar-refractivity contribution in [2.75, 3.05) is 5.73 Å². The Labute approximate surface area is 111 Å². The second-order valence-corrected chi connectivity index (χ2v) is 4.42. The maximum absolute atomic E-state index is 10.1. The lowest BCUT2D eigenvalue weighted by Gasteiger charge is -2.07. The van der Waals surface area contributed by atoms with Gasteiger partial charge in [-0.25, -0.2) is 0 Å². The number of nitro benzene ring substituents is 1. The third-order valence-corrected chi connectivity index (χ3v) is 2.15. The largest absolute Gasteiger partial charge is 0.480 e. The van der Waals surface area contributed by atoms with E-state index in [2.05, 4.69) is 0 Å². The van der Waals surface area contributed by atoms with Gasteiger partial charge in [0.15, 0.2) is 0 Å². The van der Waals surface area contributed by atoms with Crippen LogP contribution in [0.15, 0.2) is 24.3 Å². The summed E-state index contributed by atoms with van der Waals surface area (Å²) in [7, 11) is 0. The fraction of sp³-hybridized carbons (Fsp3) is 0.417. The molecule has 1 aromatic carbocycles. The molecule has 0 radical (unpaired) electrons. The highest BCUT2D eigenvalue weighted by Gasteiger charge is 2.11. The van der Waals surface area contributed by atoms with Gasteiger partial charge in [0, 0.05) is 17.8 Å². The van der Waals surface area contributed by atoms with Gasteiger partial charge in [-0.3, -0.25) is 14.9 Å². The minimum Gasteiger partial charge on any atom is -0.480 e. The van der Waals surface area contributed by atoms with Gasteiger partial charge in [0.25, 0.3) is 5.69 Å². The molecule has 7 heteroatoms. The quantitative estimate of drug-likeness (QED) is 0.432. The Morgan fingerprint density at radius 1 is 1.37 bits per heavy atom. The van der Waals surface area contributed by atoms with Crippen molar-refractivity contribution >= 4 is 17.3 Å². The Morgan fingerprint density at radius 3 is 2.11 bits per heavy atom. The molecule has 0 aromatic heterocycles. The molecule has 19 heavy (non-hydrogen) atoms. The Kier molecular flexibility index (Phi) is 7.13. The number of nitrogen functional groups attached to an aromatic ring is 1. The van der Waals surface area contributed by atoms with Crippen LogP contribution in [0.4, 0.5) is 11.4 Å². The van der Waals surface area contributed by atoms with Crippen molar-refractivity contribution < 1.29 is 14.8 Å². The summed E-state index contributed by atoms with van der Waals surface area (Å²) < 4.78 is 0. The normalized spacial score (nSPS) is 11.4. The zero-order chi connectivity index (χ0) is 15.0. The molecule has 7 nitrogen and oxygen atoms in total. The first kappa shape index (κ1) is 16.9. The number of carboxylic acids is 1. The highest BCUT2D eigenvalue weighted by atomic mass is 16.6. The van der Waals surface area contributed by atoms with Gasteiger partial charge in [0.05, 0.1) is 4.92 Å². The molecule has 1 aromatic rings. The summed E-state index contributed by atoms with van der Waals surface area (Å²) in [6, 6.07) is 5.05. The molecule has 0 aliphatic heterocycles. The molecular weight excluding hydrogens is 250 g/mol. The minimum absolute atomic E-state index is 0.0641. The monoisotopic (exact) mass is 269 g/mol. The molecule has 0 saturated heterocycles. The number of non-ortho nitro benzene ring substituents is 1. The average Bonchev–Trinajstić information content (AvgIpc) is 2.29. The van der Waals surface area contributed by atoms with Crippen LogP contribution in [-0.4, -0.2) is 22.0 Å². The molecular formula is C12H19N3O4. The number of carbonyl (C=O) groups is 1. The molecule has 5 N–H and O–H groups in total. The zero-order valence-corrected chi connectivity index (χ0v) is 10.9. The summed E-state index contributed by atoms with van der Waals surface area (Å²) in [4.78, 5) is 19.7. The molecule has 0 saturated carbocycles. The topological polar surface area (TPSA) is 132 Å². The molecule has 0 amide bonds. The maximum Gasteiger partial charge on any atom is 0.320 e. The van der Waals surface area contributed by atoms with Crippen molar-refractivity contribution in [3.05, 3.63) is 34.4 Å². The molecule has 0 bridgehead atoms. The number of rotatable bonds is 4. The molecule has 1 rings (SSSR count). The highest BCUT2D eigenvalue weighted by Crippen LogP contribution is 2.12. The van der Waals surface area contributed by atoms with Crippen LogP contribution in [0.3, 0.4) is 0 Å². The van der Waals surface area contributed by atoms with Gasteiger partial charge in [-0.05, 0) is 24.5 Å². The summed E-state index contributed by atoms with van der Waals surface area (Å²) in [6.45, 7) is 3.89. The predicted octanol–water partition coefficient (Wildman–Crippen LogP) is 1.62. The first-order chi connectivity index (χ1) is 8.73. The van der Waals surface area contributed by atoms with Crippen LogP contribution in [0, 0.1) is 16.0 Å². The van der Waals surface area contributed by atoms with Crippen molar-refractivity contribution in [1.29, 1.82) is 0 Å². The summed E-state index contributed by atoms with van der Waals surface area (Å²) >= 11 is 0. The first-order valence-electron chi connectivity index (χ1n) is 5.72. The Bertz CT molecular complexity index is 417. The summed E-state index contributed by atoms with van der Waals surface area (Å²) in [5, 5.41) is 18.4. The van der Waals surface area contributed by atoms with Crippen LogP contribution in [0.2, 0.25) is 0 Å². The fourth-order valence-electron chi connectivity index (χ4n) is 1.20. The summed E-state index contributed by atoms with van der Waals surface area (Å²) in [6.07, 6.45) is 0.551. The van der Waals surface area contributed by atoms with E-state index in [-0.39, 0.29) is 5.69 Å². The number of benzene rings is 1. The molecule has 0 spiro atoms. The summed E-state index contributed by atoms with van der Waals surface area (Å²) in [5.41, 5.74) is 11.1. The Balaban J connectivity index is 0.000000344. The van der Waals surface area contributed by atoms with Crippen molar-refractivity contribution in [2.45, 2.75) is 26.3 Å². The van der Waals surface area contributed by atoms with Crippen LogP contribution < -0.4 is 11.5 Å². The van der Waals surface area contributed by atoms with E-state index >= 15 is 0 Å². The SMILES string of the molecule is CC(C)CC(N)C(=O)O.Nc1ccc([N+](=O)[O-])cc1. The molecule has 0 aliphatic carbocycles. The van der Waals surface area contributed by atoms with E-state index in [0.29, 0.717) is 18.0 Å². The molecule has 0 heterocycles. The highest BCUT2D eigenvalue weighted by molar-refractivity contribution is 5.72. The molecule has 0 fully saturated rings. The molecule has 1 unspecified atom stereocenters. The number of aliphatic carboxylic acids is 1. The third-order valence-electron chi connectivity index (χ3n) is 2.15. The van der Waals surface area contributed by atoms with Crippen molar-refractivity contribution in [3.63, 3.8) is 0 Å². The first-order valence-corrected chi connectivity index (χ1v) is 5.72. The number of anilines is 1. The van der Waals surface area contributed by atoms with Gasteiger partial charge in [0.2, 0.25) is 0 Å². The van der Waals surface area contributed by atoms with Crippen LogP contribution in [0.25, 0.3) is 0 Å². The maximum atomic E-state index is 10.1. The second-order valence-electron chi connectivity index (χ2n) is 4.42. The van der Waals surface area contributed by atoms with Gasteiger partial charge < -0.3 is 16.6 Å². The smallest absolute Gasteiger partial charge is 0.320 e. The molecule has 106 valence electrons. The molecule has 0 aliphatic rings. The van der Waals surface area contributed by atoms with Gasteiger partial charge in [-0.1, -0.05) is 13.8 Å². The Morgan fingerprint density at radius 2 is 1.84 bits per heavy atom. The van der Waals surface area contributed by atoms with Gasteiger partial charge in [-0.15, -0.1) is 0 Å². The van der Waals surface area contributed by atoms with Crippen molar-refractivity contribution in [2.24, 2.45) is 11.7 Å². The van der Waals surface area contributed by atoms with E-state index in [1.807, 2.05) is 13.8 Å². The number of hydrogen-bond donors (Lipinski definition) is 3. The van der Waals surface area contributed by atoms with E-state index in [4.69, 9.17) is 16.6 Å². The van der Waals surface area contributed by atoms with Crippen LogP contribution >= 0.6 is 0 Å². The van der Waals surface area contributed by atoms with Gasteiger partial charge in [0.1, 0.15) is 6.04 Å². The Hall–Kier alpha value is -2.15. The standard InChI is InChI=1S/C6H6N2O2.C6H13NO2/c7-5-1-3-6(4-2-5)8(9)10;1-4(2)3-5(7)6(8)9/h1-4H,7H2;4-5H,3,7H2,1-2H3,(H,8,9). The second kappa shape index (κ2) is 8.04. The predicted molar refractivity (Wildman–Crippen MR) is 72.6 cm³/mol. The van der Waals surface area contributed by atoms with E-state index in [0.717, 1.165) is 0 Å². The average molecular weight is 269 g/mol.